The van der Waals surface area contributed by atoms with E-state index in [0.717, 1.165) is 18.1 Å². The van der Waals surface area contributed by atoms with Crippen molar-refractivity contribution in [3.8, 4) is 0 Å². The van der Waals surface area contributed by atoms with Crippen molar-refractivity contribution in [1.82, 2.24) is 5.32 Å². The molecular weight excluding hydrogens is 230 g/mol. The van der Waals surface area contributed by atoms with Gasteiger partial charge in [0, 0.05) is 28.3 Å². The molecule has 0 aliphatic carbocycles. The van der Waals surface area contributed by atoms with Crippen LogP contribution in [0, 0.1) is 19.8 Å². The largest absolute Gasteiger partial charge is 0.309 e. The van der Waals surface area contributed by atoms with Gasteiger partial charge < -0.3 is 5.32 Å². The Hall–Kier alpha value is -0.670. The Morgan fingerprint density at radius 2 is 2.00 bits per heavy atom. The molecule has 0 spiro atoms. The Morgan fingerprint density at radius 3 is 2.71 bits per heavy atom. The average Bonchev–Trinajstić information content (AvgIpc) is 2.43. The molecule has 1 saturated heterocycles. The molecule has 3 heteroatoms. The first kappa shape index (κ1) is 12.8. The van der Waals surface area contributed by atoms with E-state index in [2.05, 4.69) is 44.3 Å². The van der Waals surface area contributed by atoms with Gasteiger partial charge in [-0.3, -0.25) is 4.21 Å². The summed E-state index contributed by atoms with van der Waals surface area (Å²) >= 11 is 0. The van der Waals surface area contributed by atoms with Gasteiger partial charge in [0.05, 0.1) is 0 Å². The van der Waals surface area contributed by atoms with E-state index < -0.39 is 10.8 Å². The molecule has 2 rings (SSSR count). The molecule has 0 radical (unpaired) electrons. The third-order valence-corrected chi connectivity index (χ3v) is 5.11. The van der Waals surface area contributed by atoms with Crippen molar-refractivity contribution < 1.29 is 4.21 Å². The van der Waals surface area contributed by atoms with Crippen LogP contribution >= 0.6 is 0 Å². The summed E-state index contributed by atoms with van der Waals surface area (Å²) in [4.78, 5) is 0. The van der Waals surface area contributed by atoms with Crippen molar-refractivity contribution >= 4 is 10.8 Å². The molecule has 1 fully saturated rings. The second-order valence-corrected chi connectivity index (χ2v) is 6.73. The van der Waals surface area contributed by atoms with Crippen molar-refractivity contribution in [2.45, 2.75) is 26.8 Å². The van der Waals surface area contributed by atoms with Gasteiger partial charge in [-0.2, -0.15) is 0 Å². The summed E-state index contributed by atoms with van der Waals surface area (Å²) < 4.78 is 11.9. The molecule has 2 nitrogen and oxygen atoms in total. The van der Waals surface area contributed by atoms with E-state index in [1.165, 1.54) is 16.7 Å². The summed E-state index contributed by atoms with van der Waals surface area (Å²) in [5.41, 5.74) is 3.90. The Bertz CT molecular complexity index is 430. The first-order valence-electron chi connectivity index (χ1n) is 6.22. The highest BCUT2D eigenvalue weighted by Crippen LogP contribution is 2.21. The third-order valence-electron chi connectivity index (χ3n) is 3.47. The lowest BCUT2D eigenvalue weighted by molar-refractivity contribution is 0.517. The van der Waals surface area contributed by atoms with Crippen LogP contribution in [0.15, 0.2) is 18.2 Å². The van der Waals surface area contributed by atoms with Gasteiger partial charge in [0.15, 0.2) is 0 Å². The molecule has 1 heterocycles. The molecule has 1 aromatic carbocycles. The summed E-state index contributed by atoms with van der Waals surface area (Å²) in [6, 6.07) is 6.79. The Labute approximate surface area is 106 Å². The quantitative estimate of drug-likeness (QED) is 0.830. The van der Waals surface area contributed by atoms with E-state index in [1.54, 1.807) is 0 Å². The van der Waals surface area contributed by atoms with Gasteiger partial charge in [0.25, 0.3) is 0 Å². The van der Waals surface area contributed by atoms with Crippen molar-refractivity contribution in [2.75, 3.05) is 18.1 Å². The second kappa shape index (κ2) is 5.32. The van der Waals surface area contributed by atoms with E-state index in [4.69, 9.17) is 0 Å². The SMILES string of the molecule is Cc1ccc(C2CS(=O)CC(C)CN2)cc1C. The van der Waals surface area contributed by atoms with Crippen molar-refractivity contribution in [1.29, 1.82) is 0 Å². The minimum absolute atomic E-state index is 0.250. The minimum Gasteiger partial charge on any atom is -0.309 e. The van der Waals surface area contributed by atoms with E-state index in [9.17, 15) is 4.21 Å². The van der Waals surface area contributed by atoms with Gasteiger partial charge in [-0.05, 0) is 43.0 Å². The van der Waals surface area contributed by atoms with Gasteiger partial charge >= 0.3 is 0 Å². The van der Waals surface area contributed by atoms with E-state index in [-0.39, 0.29) is 6.04 Å². The zero-order chi connectivity index (χ0) is 12.4. The smallest absolute Gasteiger partial charge is 0.0437 e. The topological polar surface area (TPSA) is 29.1 Å². The molecule has 0 bridgehead atoms. The fourth-order valence-electron chi connectivity index (χ4n) is 2.23. The molecule has 3 unspecified atom stereocenters. The van der Waals surface area contributed by atoms with Gasteiger partial charge in [-0.25, -0.2) is 0 Å². The van der Waals surface area contributed by atoms with Crippen molar-refractivity contribution in [3.05, 3.63) is 34.9 Å². The number of benzene rings is 1. The Kier molecular flexibility index (Phi) is 4.00. The number of hydrogen-bond donors (Lipinski definition) is 1. The van der Waals surface area contributed by atoms with Gasteiger partial charge in [0.1, 0.15) is 0 Å². The number of hydrogen-bond acceptors (Lipinski definition) is 2. The van der Waals surface area contributed by atoms with E-state index >= 15 is 0 Å². The lowest BCUT2D eigenvalue weighted by Crippen LogP contribution is -2.25. The van der Waals surface area contributed by atoms with Crippen LogP contribution in [0.1, 0.15) is 29.7 Å². The summed E-state index contributed by atoms with van der Waals surface area (Å²) in [5, 5.41) is 3.53. The van der Waals surface area contributed by atoms with Gasteiger partial charge in [-0.1, -0.05) is 25.1 Å². The molecule has 1 aliphatic heterocycles. The maximum atomic E-state index is 11.9. The molecule has 1 aromatic rings. The Morgan fingerprint density at radius 1 is 1.24 bits per heavy atom. The van der Waals surface area contributed by atoms with Crippen LogP contribution in [-0.4, -0.2) is 22.3 Å². The number of aryl methyl sites for hydroxylation is 2. The fourth-order valence-corrected chi connectivity index (χ4v) is 3.80. The van der Waals surface area contributed by atoms with Crippen molar-refractivity contribution in [2.24, 2.45) is 5.92 Å². The highest BCUT2D eigenvalue weighted by atomic mass is 32.2. The number of rotatable bonds is 1. The molecule has 0 saturated carbocycles. The standard InChI is InChI=1S/C14H21NOS/c1-10-7-15-14(9-17(16)8-10)13-5-4-11(2)12(3)6-13/h4-6,10,14-15H,7-9H2,1-3H3. The fraction of sp³-hybridized carbons (Fsp3) is 0.571. The normalized spacial score (nSPS) is 29.9. The average molecular weight is 251 g/mol. The molecule has 1 aliphatic rings. The predicted molar refractivity (Wildman–Crippen MR) is 73.7 cm³/mol. The third kappa shape index (κ3) is 3.17. The van der Waals surface area contributed by atoms with Crippen LogP contribution in [0.5, 0.6) is 0 Å². The summed E-state index contributed by atoms with van der Waals surface area (Å²) in [5.74, 6) is 2.08. The summed E-state index contributed by atoms with van der Waals surface area (Å²) in [6.45, 7) is 7.38. The van der Waals surface area contributed by atoms with Crippen LogP contribution in [0.2, 0.25) is 0 Å². The molecule has 0 amide bonds. The summed E-state index contributed by atoms with van der Waals surface area (Å²) in [7, 11) is -0.693. The first-order chi connectivity index (χ1) is 8.06. The highest BCUT2D eigenvalue weighted by Gasteiger charge is 2.21. The lowest BCUT2D eigenvalue weighted by atomic mass is 10.0. The van der Waals surface area contributed by atoms with E-state index in [1.807, 2.05) is 0 Å². The summed E-state index contributed by atoms with van der Waals surface area (Å²) in [6.07, 6.45) is 0. The maximum Gasteiger partial charge on any atom is 0.0437 e. The van der Waals surface area contributed by atoms with Crippen molar-refractivity contribution in [3.63, 3.8) is 0 Å². The van der Waals surface area contributed by atoms with E-state index in [0.29, 0.717) is 5.92 Å². The maximum absolute atomic E-state index is 11.9. The van der Waals surface area contributed by atoms with Crippen LogP contribution in [-0.2, 0) is 10.8 Å². The molecule has 94 valence electrons. The Balaban J connectivity index is 2.20. The van der Waals surface area contributed by atoms with Crippen LogP contribution < -0.4 is 5.32 Å². The second-order valence-electron chi connectivity index (χ2n) is 5.18. The number of nitrogens with one attached hydrogen (secondary N) is 1. The predicted octanol–water partition coefficient (Wildman–Crippen LogP) is 2.33. The highest BCUT2D eigenvalue weighted by molar-refractivity contribution is 7.85. The monoisotopic (exact) mass is 251 g/mol. The molecular formula is C14H21NOS. The first-order valence-corrected chi connectivity index (χ1v) is 7.70. The molecule has 0 aromatic heterocycles. The van der Waals surface area contributed by atoms with Gasteiger partial charge in [0.2, 0.25) is 0 Å². The van der Waals surface area contributed by atoms with Crippen LogP contribution in [0.4, 0.5) is 0 Å². The lowest BCUT2D eigenvalue weighted by Gasteiger charge is -2.17. The zero-order valence-electron chi connectivity index (χ0n) is 10.8. The van der Waals surface area contributed by atoms with Crippen LogP contribution in [0.3, 0.4) is 0 Å². The van der Waals surface area contributed by atoms with Gasteiger partial charge in [-0.15, -0.1) is 0 Å². The van der Waals surface area contributed by atoms with Crippen LogP contribution in [0.25, 0.3) is 0 Å². The molecule has 17 heavy (non-hydrogen) atoms. The zero-order valence-corrected chi connectivity index (χ0v) is 11.6. The molecule has 1 N–H and O–H groups in total. The molecule has 3 atom stereocenters. The minimum atomic E-state index is -0.693.